The second-order valence-corrected chi connectivity index (χ2v) is 9.00. The molecule has 1 atom stereocenters. The summed E-state index contributed by atoms with van der Waals surface area (Å²) < 4.78 is 28.0. The zero-order chi connectivity index (χ0) is 19.0. The van der Waals surface area contributed by atoms with Crippen molar-refractivity contribution in [3.8, 4) is 0 Å². The SMILES string of the molecule is N[C@@H]1CCN(C(=O)c2cccc(S(=O)(=O)N3CCCc4ccccc43)c2)C1. The Bertz CT molecular complexity index is 974. The first-order valence-corrected chi connectivity index (χ1v) is 10.7. The van der Waals surface area contributed by atoms with Crippen molar-refractivity contribution >= 4 is 21.6 Å². The molecular weight excluding hydrogens is 362 g/mol. The molecule has 4 rings (SSSR count). The average Bonchev–Trinajstić information content (AvgIpc) is 3.13. The number of rotatable bonds is 3. The van der Waals surface area contributed by atoms with Gasteiger partial charge in [-0.1, -0.05) is 24.3 Å². The molecule has 2 aromatic rings. The standard InChI is InChI=1S/C20H23N3O3S/c21-17-10-12-22(14-17)20(24)16-6-3-8-18(13-16)27(25,26)23-11-4-7-15-5-1-2-9-19(15)23/h1-3,5-6,8-9,13,17H,4,7,10-12,14,21H2/t17-/m1/s1. The fourth-order valence-corrected chi connectivity index (χ4v) is 5.41. The number of nitrogens with zero attached hydrogens (tertiary/aromatic N) is 2. The Morgan fingerprint density at radius 1 is 1.07 bits per heavy atom. The van der Waals surface area contributed by atoms with Crippen LogP contribution in [0.4, 0.5) is 5.69 Å². The van der Waals surface area contributed by atoms with Gasteiger partial charge in [0.25, 0.3) is 15.9 Å². The monoisotopic (exact) mass is 385 g/mol. The molecule has 2 heterocycles. The molecular formula is C20H23N3O3S. The molecule has 6 nitrogen and oxygen atoms in total. The normalized spacial score (nSPS) is 19.8. The van der Waals surface area contributed by atoms with Crippen LogP contribution in [0.25, 0.3) is 0 Å². The summed E-state index contributed by atoms with van der Waals surface area (Å²) in [6.07, 6.45) is 2.42. The summed E-state index contributed by atoms with van der Waals surface area (Å²) in [6, 6.07) is 13.9. The molecule has 0 unspecified atom stereocenters. The van der Waals surface area contributed by atoms with Crippen molar-refractivity contribution < 1.29 is 13.2 Å². The summed E-state index contributed by atoms with van der Waals surface area (Å²) in [5, 5.41) is 0. The molecule has 2 aromatic carbocycles. The molecule has 7 heteroatoms. The number of hydrogen-bond donors (Lipinski definition) is 1. The number of carbonyl (C=O) groups excluding carboxylic acids is 1. The predicted molar refractivity (Wildman–Crippen MR) is 104 cm³/mol. The van der Waals surface area contributed by atoms with Gasteiger partial charge in [-0.3, -0.25) is 9.10 Å². The number of para-hydroxylation sites is 1. The van der Waals surface area contributed by atoms with Crippen molar-refractivity contribution in [1.29, 1.82) is 0 Å². The summed E-state index contributed by atoms with van der Waals surface area (Å²) >= 11 is 0. The molecule has 2 N–H and O–H groups in total. The van der Waals surface area contributed by atoms with Gasteiger partial charge in [-0.15, -0.1) is 0 Å². The fourth-order valence-electron chi connectivity index (χ4n) is 3.82. The third-order valence-corrected chi connectivity index (χ3v) is 7.06. The molecule has 1 fully saturated rings. The molecule has 142 valence electrons. The van der Waals surface area contributed by atoms with Crippen LogP contribution in [-0.2, 0) is 16.4 Å². The van der Waals surface area contributed by atoms with E-state index >= 15 is 0 Å². The van der Waals surface area contributed by atoms with E-state index in [1.807, 2.05) is 24.3 Å². The molecule has 1 saturated heterocycles. The summed E-state index contributed by atoms with van der Waals surface area (Å²) in [4.78, 5) is 14.5. The van der Waals surface area contributed by atoms with Gasteiger partial charge in [-0.25, -0.2) is 8.42 Å². The van der Waals surface area contributed by atoms with Gasteiger partial charge in [-0.05, 0) is 49.1 Å². The lowest BCUT2D eigenvalue weighted by molar-refractivity contribution is 0.0790. The first-order valence-electron chi connectivity index (χ1n) is 9.22. The summed E-state index contributed by atoms with van der Waals surface area (Å²) in [5.74, 6) is -0.168. The number of anilines is 1. The van der Waals surface area contributed by atoms with Gasteiger partial charge in [0.1, 0.15) is 0 Å². The third-order valence-electron chi connectivity index (χ3n) is 5.25. The molecule has 0 aromatic heterocycles. The highest BCUT2D eigenvalue weighted by molar-refractivity contribution is 7.92. The van der Waals surface area contributed by atoms with Crippen LogP contribution in [-0.4, -0.2) is 44.9 Å². The smallest absolute Gasteiger partial charge is 0.264 e. The Kier molecular flexibility index (Phi) is 4.65. The number of likely N-dealkylation sites (tertiary alicyclic amines) is 1. The Hall–Kier alpha value is -2.38. The molecule has 0 spiro atoms. The van der Waals surface area contributed by atoms with Crippen molar-refractivity contribution in [2.45, 2.75) is 30.2 Å². The minimum Gasteiger partial charge on any atom is -0.337 e. The van der Waals surface area contributed by atoms with E-state index in [1.54, 1.807) is 23.1 Å². The van der Waals surface area contributed by atoms with Gasteiger partial charge >= 0.3 is 0 Å². The van der Waals surface area contributed by atoms with Gasteiger partial charge in [0.15, 0.2) is 0 Å². The second kappa shape index (κ2) is 6.98. The summed E-state index contributed by atoms with van der Waals surface area (Å²) in [6.45, 7) is 1.56. The van der Waals surface area contributed by atoms with E-state index in [1.165, 1.54) is 10.4 Å². The lowest BCUT2D eigenvalue weighted by Crippen LogP contribution is -2.36. The maximum atomic E-state index is 13.3. The van der Waals surface area contributed by atoms with Gasteiger partial charge in [0.2, 0.25) is 0 Å². The number of aryl methyl sites for hydroxylation is 1. The quantitative estimate of drug-likeness (QED) is 0.876. The number of hydrogen-bond acceptors (Lipinski definition) is 4. The van der Waals surface area contributed by atoms with Crippen LogP contribution in [0.2, 0.25) is 0 Å². The molecule has 0 saturated carbocycles. The van der Waals surface area contributed by atoms with E-state index in [4.69, 9.17) is 5.73 Å². The molecule has 2 aliphatic heterocycles. The molecule has 0 aliphatic carbocycles. The highest BCUT2D eigenvalue weighted by atomic mass is 32.2. The minimum atomic E-state index is -3.73. The van der Waals surface area contributed by atoms with Crippen LogP contribution in [0.3, 0.4) is 0 Å². The van der Waals surface area contributed by atoms with Crippen molar-refractivity contribution in [1.82, 2.24) is 4.90 Å². The number of sulfonamides is 1. The summed E-state index contributed by atoms with van der Waals surface area (Å²) in [5.41, 5.74) is 8.03. The number of fused-ring (bicyclic) bond motifs is 1. The summed E-state index contributed by atoms with van der Waals surface area (Å²) in [7, 11) is -3.73. The third kappa shape index (κ3) is 3.33. The van der Waals surface area contributed by atoms with E-state index in [9.17, 15) is 13.2 Å². The first-order chi connectivity index (χ1) is 13.0. The van der Waals surface area contributed by atoms with Crippen molar-refractivity contribution in [2.75, 3.05) is 23.9 Å². The van der Waals surface area contributed by atoms with Crippen LogP contribution in [0.1, 0.15) is 28.8 Å². The van der Waals surface area contributed by atoms with E-state index in [0.29, 0.717) is 25.2 Å². The van der Waals surface area contributed by atoms with E-state index in [-0.39, 0.29) is 16.8 Å². The van der Waals surface area contributed by atoms with E-state index < -0.39 is 10.0 Å². The Morgan fingerprint density at radius 2 is 1.89 bits per heavy atom. The van der Waals surface area contributed by atoms with Crippen LogP contribution in [0, 0.1) is 0 Å². The van der Waals surface area contributed by atoms with Gasteiger partial charge in [0, 0.05) is 31.2 Å². The lowest BCUT2D eigenvalue weighted by Gasteiger charge is -2.30. The van der Waals surface area contributed by atoms with Crippen molar-refractivity contribution in [2.24, 2.45) is 5.73 Å². The van der Waals surface area contributed by atoms with Crippen LogP contribution in [0.15, 0.2) is 53.4 Å². The van der Waals surface area contributed by atoms with Crippen molar-refractivity contribution in [3.05, 3.63) is 59.7 Å². The minimum absolute atomic E-state index is 0.00860. The Balaban J connectivity index is 1.67. The van der Waals surface area contributed by atoms with Crippen LogP contribution in [0.5, 0.6) is 0 Å². The number of benzene rings is 2. The fraction of sp³-hybridized carbons (Fsp3) is 0.350. The zero-order valence-electron chi connectivity index (χ0n) is 15.0. The molecule has 0 radical (unpaired) electrons. The van der Waals surface area contributed by atoms with Crippen LogP contribution >= 0.6 is 0 Å². The first kappa shape index (κ1) is 18.0. The maximum absolute atomic E-state index is 13.3. The number of carbonyl (C=O) groups is 1. The van der Waals surface area contributed by atoms with Gasteiger partial charge < -0.3 is 10.6 Å². The van der Waals surface area contributed by atoms with E-state index in [0.717, 1.165) is 30.5 Å². The predicted octanol–water partition coefficient (Wildman–Crippen LogP) is 2.00. The number of nitrogens with two attached hydrogens (primary N) is 1. The zero-order valence-corrected chi connectivity index (χ0v) is 15.9. The van der Waals surface area contributed by atoms with E-state index in [2.05, 4.69) is 0 Å². The number of amides is 1. The topological polar surface area (TPSA) is 83.7 Å². The largest absolute Gasteiger partial charge is 0.337 e. The Morgan fingerprint density at radius 3 is 2.67 bits per heavy atom. The van der Waals surface area contributed by atoms with Gasteiger partial charge in [-0.2, -0.15) is 0 Å². The van der Waals surface area contributed by atoms with Crippen molar-refractivity contribution in [3.63, 3.8) is 0 Å². The average molecular weight is 385 g/mol. The molecule has 27 heavy (non-hydrogen) atoms. The lowest BCUT2D eigenvalue weighted by atomic mass is 10.0. The highest BCUT2D eigenvalue weighted by Crippen LogP contribution is 2.32. The van der Waals surface area contributed by atoms with Crippen LogP contribution < -0.4 is 10.0 Å². The molecule has 0 bridgehead atoms. The highest BCUT2D eigenvalue weighted by Gasteiger charge is 2.30. The molecule has 2 aliphatic rings. The Labute approximate surface area is 159 Å². The second-order valence-electron chi connectivity index (χ2n) is 7.14. The van der Waals surface area contributed by atoms with Gasteiger partial charge in [0.05, 0.1) is 10.6 Å². The maximum Gasteiger partial charge on any atom is 0.264 e. The molecule has 1 amide bonds.